The molecule has 1 saturated carbocycles. The predicted molar refractivity (Wildman–Crippen MR) is 94.8 cm³/mol. The summed E-state index contributed by atoms with van der Waals surface area (Å²) >= 11 is 5.88. The molecule has 0 aliphatic heterocycles. The van der Waals surface area contributed by atoms with Crippen molar-refractivity contribution in [1.29, 1.82) is 0 Å². The van der Waals surface area contributed by atoms with Gasteiger partial charge in [-0.2, -0.15) is 0 Å². The summed E-state index contributed by atoms with van der Waals surface area (Å²) in [6.07, 6.45) is 1.17. The first-order chi connectivity index (χ1) is 12.0. The Hall–Kier alpha value is -2.40. The first-order valence-corrected chi connectivity index (χ1v) is 8.49. The third-order valence-corrected chi connectivity index (χ3v) is 4.42. The lowest BCUT2D eigenvalue weighted by atomic mass is 10.1. The molecule has 2 aromatic carbocycles. The monoisotopic (exact) mass is 360 g/mol. The average Bonchev–Trinajstić information content (AvgIpc) is 3.37. The van der Waals surface area contributed by atoms with E-state index in [1.807, 2.05) is 0 Å². The van der Waals surface area contributed by atoms with Gasteiger partial charge in [0.05, 0.1) is 11.8 Å². The number of nitrogens with one attached hydrogen (secondary N) is 2. The normalized spacial score (nSPS) is 18.5. The smallest absolute Gasteiger partial charge is 0.228 e. The lowest BCUT2D eigenvalue weighted by Gasteiger charge is -2.07. The molecule has 1 aliphatic rings. The van der Waals surface area contributed by atoms with Gasteiger partial charge in [-0.25, -0.2) is 4.39 Å². The van der Waals surface area contributed by atoms with Crippen LogP contribution in [0.1, 0.15) is 12.0 Å². The first kappa shape index (κ1) is 17.4. The molecule has 2 amide bonds. The zero-order chi connectivity index (χ0) is 17.8. The van der Waals surface area contributed by atoms with Gasteiger partial charge in [0.25, 0.3) is 0 Å². The molecule has 2 atom stereocenters. The van der Waals surface area contributed by atoms with Crippen LogP contribution in [-0.2, 0) is 16.0 Å². The van der Waals surface area contributed by atoms with E-state index in [1.54, 1.807) is 36.4 Å². The van der Waals surface area contributed by atoms with Gasteiger partial charge in [-0.1, -0.05) is 29.8 Å². The Morgan fingerprint density at radius 2 is 1.80 bits per heavy atom. The molecule has 2 N–H and O–H groups in total. The van der Waals surface area contributed by atoms with Crippen molar-refractivity contribution in [3.8, 4) is 0 Å². The fourth-order valence-electron chi connectivity index (χ4n) is 2.69. The van der Waals surface area contributed by atoms with Gasteiger partial charge in [0.15, 0.2) is 0 Å². The molecular formula is C19H18ClFN2O2. The number of hydrogen-bond acceptors (Lipinski definition) is 2. The van der Waals surface area contributed by atoms with E-state index in [4.69, 9.17) is 11.6 Å². The summed E-state index contributed by atoms with van der Waals surface area (Å²) in [5.74, 6) is -1.15. The maximum absolute atomic E-state index is 12.8. The van der Waals surface area contributed by atoms with Crippen LogP contribution in [0.4, 0.5) is 10.1 Å². The third-order valence-electron chi connectivity index (χ3n) is 4.18. The predicted octanol–water partition coefficient (Wildman–Crippen LogP) is 3.41. The second kappa shape index (κ2) is 7.66. The minimum Gasteiger partial charge on any atom is -0.356 e. The maximum Gasteiger partial charge on any atom is 0.228 e. The number of carbonyl (C=O) groups excluding carboxylic acids is 2. The van der Waals surface area contributed by atoms with E-state index >= 15 is 0 Å². The van der Waals surface area contributed by atoms with Crippen LogP contribution in [0, 0.1) is 17.7 Å². The molecule has 130 valence electrons. The van der Waals surface area contributed by atoms with Crippen molar-refractivity contribution in [1.82, 2.24) is 5.32 Å². The van der Waals surface area contributed by atoms with Crippen molar-refractivity contribution in [3.05, 3.63) is 64.9 Å². The van der Waals surface area contributed by atoms with Crippen LogP contribution < -0.4 is 10.6 Å². The van der Waals surface area contributed by atoms with Crippen LogP contribution in [-0.4, -0.2) is 18.4 Å². The highest BCUT2D eigenvalue weighted by molar-refractivity contribution is 6.30. The summed E-state index contributed by atoms with van der Waals surface area (Å²) in [6, 6.07) is 13.1. The molecule has 25 heavy (non-hydrogen) atoms. The van der Waals surface area contributed by atoms with Gasteiger partial charge in [0.2, 0.25) is 11.8 Å². The largest absolute Gasteiger partial charge is 0.356 e. The van der Waals surface area contributed by atoms with E-state index in [0.717, 1.165) is 5.56 Å². The Labute approximate surface area is 150 Å². The van der Waals surface area contributed by atoms with Crippen molar-refractivity contribution in [2.75, 3.05) is 11.9 Å². The molecule has 3 rings (SSSR count). The van der Waals surface area contributed by atoms with Crippen LogP contribution >= 0.6 is 11.6 Å². The second-order valence-corrected chi connectivity index (χ2v) is 6.55. The topological polar surface area (TPSA) is 58.2 Å². The minimum absolute atomic E-state index is 0.117. The molecule has 6 heteroatoms. The number of benzene rings is 2. The molecule has 1 fully saturated rings. The lowest BCUT2D eigenvalue weighted by molar-refractivity contribution is -0.125. The summed E-state index contributed by atoms with van der Waals surface area (Å²) in [7, 11) is 0. The molecule has 4 nitrogen and oxygen atoms in total. The van der Waals surface area contributed by atoms with Crippen LogP contribution in [0.5, 0.6) is 0 Å². The number of anilines is 1. The van der Waals surface area contributed by atoms with Gasteiger partial charge in [0.1, 0.15) is 5.82 Å². The summed E-state index contributed by atoms with van der Waals surface area (Å²) in [4.78, 5) is 24.3. The van der Waals surface area contributed by atoms with Gasteiger partial charge in [-0.15, -0.1) is 0 Å². The molecule has 0 saturated heterocycles. The van der Waals surface area contributed by atoms with Crippen molar-refractivity contribution in [2.24, 2.45) is 11.8 Å². The molecule has 0 bridgehead atoms. The van der Waals surface area contributed by atoms with Gasteiger partial charge in [-0.05, 0) is 48.7 Å². The van der Waals surface area contributed by atoms with E-state index in [1.165, 1.54) is 12.1 Å². The van der Waals surface area contributed by atoms with Gasteiger partial charge < -0.3 is 10.6 Å². The van der Waals surface area contributed by atoms with E-state index in [9.17, 15) is 14.0 Å². The minimum atomic E-state index is -0.301. The zero-order valence-corrected chi connectivity index (χ0v) is 14.2. The van der Waals surface area contributed by atoms with Crippen LogP contribution in [0.25, 0.3) is 0 Å². The van der Waals surface area contributed by atoms with Gasteiger partial charge in [0, 0.05) is 17.3 Å². The van der Waals surface area contributed by atoms with E-state index in [2.05, 4.69) is 10.6 Å². The molecule has 0 radical (unpaired) electrons. The highest BCUT2D eigenvalue weighted by Gasteiger charge is 2.47. The zero-order valence-electron chi connectivity index (χ0n) is 13.5. The molecule has 0 spiro atoms. The van der Waals surface area contributed by atoms with E-state index < -0.39 is 0 Å². The van der Waals surface area contributed by atoms with Crippen LogP contribution in [0.15, 0.2) is 48.5 Å². The Bertz CT molecular complexity index is 779. The summed E-state index contributed by atoms with van der Waals surface area (Å²) in [5, 5.41) is 6.15. The van der Waals surface area contributed by atoms with Crippen molar-refractivity contribution in [3.63, 3.8) is 0 Å². The quantitative estimate of drug-likeness (QED) is 0.829. The number of carbonyl (C=O) groups is 2. The molecule has 2 aromatic rings. The first-order valence-electron chi connectivity index (χ1n) is 8.11. The summed E-state index contributed by atoms with van der Waals surface area (Å²) < 4.78 is 12.8. The molecular weight excluding hydrogens is 343 g/mol. The SMILES string of the molecule is O=C(NCCc1ccc(F)cc1)C1CC1C(=O)Nc1cccc(Cl)c1. The van der Waals surface area contributed by atoms with Crippen molar-refractivity contribution < 1.29 is 14.0 Å². The second-order valence-electron chi connectivity index (χ2n) is 6.12. The highest BCUT2D eigenvalue weighted by Crippen LogP contribution is 2.39. The highest BCUT2D eigenvalue weighted by atomic mass is 35.5. The Morgan fingerprint density at radius 3 is 2.52 bits per heavy atom. The summed E-state index contributed by atoms with van der Waals surface area (Å²) in [5.41, 5.74) is 1.58. The van der Waals surface area contributed by atoms with Crippen LogP contribution in [0.2, 0.25) is 5.02 Å². The van der Waals surface area contributed by atoms with Crippen molar-refractivity contribution in [2.45, 2.75) is 12.8 Å². The molecule has 0 aromatic heterocycles. The van der Waals surface area contributed by atoms with Gasteiger partial charge >= 0.3 is 0 Å². The van der Waals surface area contributed by atoms with E-state index in [0.29, 0.717) is 30.1 Å². The Morgan fingerprint density at radius 1 is 1.08 bits per heavy atom. The Balaban J connectivity index is 1.42. The summed E-state index contributed by atoms with van der Waals surface area (Å²) in [6.45, 7) is 0.462. The van der Waals surface area contributed by atoms with Crippen molar-refractivity contribution >= 4 is 29.1 Å². The maximum atomic E-state index is 12.8. The number of halogens is 2. The number of rotatable bonds is 6. The average molecular weight is 361 g/mol. The number of amides is 2. The lowest BCUT2D eigenvalue weighted by Crippen LogP contribution is -2.29. The molecule has 0 heterocycles. The molecule has 1 aliphatic carbocycles. The molecule has 2 unspecified atom stereocenters. The van der Waals surface area contributed by atoms with Gasteiger partial charge in [-0.3, -0.25) is 9.59 Å². The number of hydrogen-bond donors (Lipinski definition) is 2. The fourth-order valence-corrected chi connectivity index (χ4v) is 2.88. The fraction of sp³-hybridized carbons (Fsp3) is 0.263. The standard InChI is InChI=1S/C19H18ClFN2O2/c20-13-2-1-3-15(10-13)23-19(25)17-11-16(17)18(24)22-9-8-12-4-6-14(21)7-5-12/h1-7,10,16-17H,8-9,11H2,(H,22,24)(H,23,25). The Kier molecular flexibility index (Phi) is 5.34. The third kappa shape index (κ3) is 4.79. The van der Waals surface area contributed by atoms with Crippen LogP contribution in [0.3, 0.4) is 0 Å². The van der Waals surface area contributed by atoms with E-state index in [-0.39, 0.29) is 29.5 Å².